The third-order valence-corrected chi connectivity index (χ3v) is 9.12. The fourth-order valence-electron chi connectivity index (χ4n) is 7.94. The maximum atomic E-state index is 6.57. The van der Waals surface area contributed by atoms with Crippen LogP contribution in [0.25, 0.3) is 55.1 Å². The zero-order valence-corrected chi connectivity index (χ0v) is 27.1. The van der Waals surface area contributed by atoms with Crippen LogP contribution < -0.4 is 4.74 Å². The monoisotopic (exact) mass is 603 g/mol. The quantitative estimate of drug-likeness (QED) is 0.188. The second-order valence-corrected chi connectivity index (χ2v) is 14.4. The molecule has 0 atom stereocenters. The van der Waals surface area contributed by atoms with Crippen molar-refractivity contribution in [3.63, 3.8) is 0 Å². The van der Waals surface area contributed by atoms with E-state index in [1.807, 2.05) is 49.1 Å². The van der Waals surface area contributed by atoms with Gasteiger partial charge in [0.2, 0.25) is 0 Å². The van der Waals surface area contributed by atoms with Crippen LogP contribution in [0.1, 0.15) is 53.0 Å². The number of benzene rings is 3. The average molecular weight is 604 g/mol. The number of aromatic nitrogens is 5. The van der Waals surface area contributed by atoms with Crippen molar-refractivity contribution in [3.05, 3.63) is 115 Å². The van der Waals surface area contributed by atoms with Crippen LogP contribution in [0, 0.1) is 10.8 Å². The predicted molar refractivity (Wildman–Crippen MR) is 188 cm³/mol. The Kier molecular flexibility index (Phi) is 6.23. The van der Waals surface area contributed by atoms with Gasteiger partial charge in [0.05, 0.1) is 28.3 Å². The van der Waals surface area contributed by atoms with Gasteiger partial charge in [-0.2, -0.15) is 0 Å². The van der Waals surface area contributed by atoms with E-state index in [2.05, 4.69) is 116 Å². The molecule has 228 valence electrons. The van der Waals surface area contributed by atoms with Crippen molar-refractivity contribution in [2.75, 3.05) is 0 Å². The summed E-state index contributed by atoms with van der Waals surface area (Å²) < 4.78 is 11.0. The van der Waals surface area contributed by atoms with Gasteiger partial charge in [-0.05, 0) is 64.8 Å². The smallest absolute Gasteiger partial charge is 0.146 e. The van der Waals surface area contributed by atoms with Crippen molar-refractivity contribution < 1.29 is 4.74 Å². The lowest BCUT2D eigenvalue weighted by molar-refractivity contribution is 0.177. The number of hydrogen-bond acceptors (Lipinski definition) is 4. The summed E-state index contributed by atoms with van der Waals surface area (Å²) in [5.41, 5.74) is 6.47. The highest BCUT2D eigenvalue weighted by molar-refractivity contribution is 6.12. The first-order valence-electron chi connectivity index (χ1n) is 15.9. The first-order valence-corrected chi connectivity index (χ1v) is 15.9. The Morgan fingerprint density at radius 3 is 2.17 bits per heavy atom. The van der Waals surface area contributed by atoms with Crippen LogP contribution in [0.5, 0.6) is 11.5 Å². The number of imidazole rings is 1. The third kappa shape index (κ3) is 4.43. The lowest BCUT2D eigenvalue weighted by atomic mass is 9.63. The summed E-state index contributed by atoms with van der Waals surface area (Å²) in [6.07, 6.45) is 7.58. The Balaban J connectivity index is 1.31. The number of ether oxygens (including phenoxy) is 1. The molecule has 0 aliphatic heterocycles. The van der Waals surface area contributed by atoms with Gasteiger partial charge in [-0.25, -0.2) is 9.97 Å². The lowest BCUT2D eigenvalue weighted by Gasteiger charge is -2.42. The fraction of sp³-hybridized carbons (Fsp3) is 0.225. The summed E-state index contributed by atoms with van der Waals surface area (Å²) in [5, 5.41) is 4.46. The zero-order chi connectivity index (χ0) is 31.8. The van der Waals surface area contributed by atoms with E-state index in [1.165, 1.54) is 16.3 Å². The molecule has 5 heterocycles. The van der Waals surface area contributed by atoms with E-state index >= 15 is 0 Å². The fourth-order valence-corrected chi connectivity index (χ4v) is 7.94. The first-order chi connectivity index (χ1) is 22.1. The maximum absolute atomic E-state index is 6.57. The summed E-state index contributed by atoms with van der Waals surface area (Å²) in [4.78, 5) is 14.6. The van der Waals surface area contributed by atoms with Gasteiger partial charge in [-0.3, -0.25) is 14.0 Å². The standard InChI is InChI=1S/C40H37N5O/c1-39(2,3)37(40(4,5)6)29-13-11-15-32-35(29)36-30(38-42-20-21-44(32)38)22-26(24-43-36)46-25-17-18-28-27-12-7-8-14-31(27)45(33(28)23-25)34-16-9-10-19-41-34/h7-24,37H,1-6H3. The predicted octanol–water partition coefficient (Wildman–Crippen LogP) is 10.5. The largest absolute Gasteiger partial charge is 0.456 e. The molecule has 3 aromatic carbocycles. The minimum absolute atomic E-state index is 0.0438. The minimum atomic E-state index is 0.0438. The molecule has 6 nitrogen and oxygen atoms in total. The summed E-state index contributed by atoms with van der Waals surface area (Å²) in [6, 6.07) is 29.4. The zero-order valence-electron chi connectivity index (χ0n) is 27.1. The van der Waals surface area contributed by atoms with Crippen molar-refractivity contribution >= 4 is 49.3 Å². The van der Waals surface area contributed by atoms with E-state index in [4.69, 9.17) is 14.7 Å². The number of nitrogens with zero attached hydrogens (tertiary/aromatic N) is 5. The lowest BCUT2D eigenvalue weighted by Crippen LogP contribution is -2.30. The molecule has 0 fully saturated rings. The van der Waals surface area contributed by atoms with Crippen LogP contribution in [0.3, 0.4) is 0 Å². The molecule has 8 aromatic rings. The van der Waals surface area contributed by atoms with Crippen molar-refractivity contribution in [2.45, 2.75) is 47.5 Å². The van der Waals surface area contributed by atoms with Gasteiger partial charge >= 0.3 is 0 Å². The van der Waals surface area contributed by atoms with Crippen molar-refractivity contribution in [3.8, 4) is 17.3 Å². The summed E-state index contributed by atoms with van der Waals surface area (Å²) in [7, 11) is 0. The first kappa shape index (κ1) is 28.3. The van der Waals surface area contributed by atoms with Gasteiger partial charge in [0.1, 0.15) is 23.0 Å². The molecule has 0 saturated heterocycles. The Hall–Kier alpha value is -5.23. The van der Waals surface area contributed by atoms with Gasteiger partial charge in [0, 0.05) is 46.2 Å². The van der Waals surface area contributed by atoms with Crippen molar-refractivity contribution in [1.29, 1.82) is 0 Å². The average Bonchev–Trinajstić information content (AvgIpc) is 3.64. The normalized spacial score (nSPS) is 12.8. The second kappa shape index (κ2) is 10.1. The number of pyridine rings is 3. The van der Waals surface area contributed by atoms with Crippen LogP contribution in [0.15, 0.2) is 110 Å². The molecule has 0 radical (unpaired) electrons. The highest BCUT2D eigenvalue weighted by atomic mass is 16.5. The van der Waals surface area contributed by atoms with Crippen LogP contribution >= 0.6 is 0 Å². The van der Waals surface area contributed by atoms with E-state index in [1.54, 1.807) is 0 Å². The minimum Gasteiger partial charge on any atom is -0.456 e. The molecule has 0 aliphatic rings. The number of para-hydroxylation sites is 1. The second-order valence-electron chi connectivity index (χ2n) is 14.4. The van der Waals surface area contributed by atoms with Gasteiger partial charge in [-0.1, -0.05) is 77.9 Å². The van der Waals surface area contributed by atoms with Gasteiger partial charge in [0.15, 0.2) is 0 Å². The molecule has 0 unspecified atom stereocenters. The maximum Gasteiger partial charge on any atom is 0.146 e. The van der Waals surface area contributed by atoms with E-state index in [0.717, 1.165) is 50.1 Å². The van der Waals surface area contributed by atoms with Crippen LogP contribution in [-0.4, -0.2) is 23.9 Å². The highest BCUT2D eigenvalue weighted by Gasteiger charge is 2.37. The third-order valence-electron chi connectivity index (χ3n) is 9.12. The molecule has 8 rings (SSSR count). The topological polar surface area (TPSA) is 57.2 Å². The van der Waals surface area contributed by atoms with Crippen molar-refractivity contribution in [2.24, 2.45) is 10.8 Å². The molecule has 6 heteroatoms. The molecular weight excluding hydrogens is 566 g/mol. The molecule has 0 spiro atoms. The van der Waals surface area contributed by atoms with Crippen LogP contribution in [0.2, 0.25) is 0 Å². The number of fused-ring (bicyclic) bond motifs is 9. The number of rotatable bonds is 4. The SMILES string of the molecule is CC(C)(C)C(c1cccc2c1c1ncc(Oc3ccc4c5ccccc5n(-c5ccccn5)c4c3)cc1c1nccn21)C(C)(C)C. The molecule has 0 bridgehead atoms. The van der Waals surface area contributed by atoms with E-state index in [0.29, 0.717) is 11.7 Å². The Morgan fingerprint density at radius 2 is 1.39 bits per heavy atom. The molecule has 0 aliphatic carbocycles. The molecule has 0 amide bonds. The van der Waals surface area contributed by atoms with Gasteiger partial charge < -0.3 is 4.74 Å². The Morgan fingerprint density at radius 1 is 0.630 bits per heavy atom. The molecule has 46 heavy (non-hydrogen) atoms. The van der Waals surface area contributed by atoms with E-state index in [9.17, 15) is 0 Å². The summed E-state index contributed by atoms with van der Waals surface area (Å²) in [6.45, 7) is 14.0. The summed E-state index contributed by atoms with van der Waals surface area (Å²) >= 11 is 0. The van der Waals surface area contributed by atoms with Gasteiger partial charge in [-0.15, -0.1) is 0 Å². The molecule has 0 saturated carbocycles. The summed E-state index contributed by atoms with van der Waals surface area (Å²) in [5.74, 6) is 2.56. The van der Waals surface area contributed by atoms with E-state index in [-0.39, 0.29) is 10.8 Å². The molecular formula is C40H37N5O. The van der Waals surface area contributed by atoms with Gasteiger partial charge in [0.25, 0.3) is 0 Å². The van der Waals surface area contributed by atoms with Crippen LogP contribution in [-0.2, 0) is 0 Å². The molecule has 0 N–H and O–H groups in total. The Bertz CT molecular complexity index is 2410. The van der Waals surface area contributed by atoms with Crippen LogP contribution in [0.4, 0.5) is 0 Å². The van der Waals surface area contributed by atoms with E-state index < -0.39 is 0 Å². The number of hydrogen-bond donors (Lipinski definition) is 0. The van der Waals surface area contributed by atoms with Crippen molar-refractivity contribution in [1.82, 2.24) is 23.9 Å². The highest BCUT2D eigenvalue weighted by Crippen LogP contribution is 2.50. The Labute approximate surface area is 268 Å². The molecule has 5 aromatic heterocycles.